The number of carbonyl (C=O) groups is 1. The Morgan fingerprint density at radius 1 is 1.32 bits per heavy atom. The summed E-state index contributed by atoms with van der Waals surface area (Å²) in [7, 11) is 0. The summed E-state index contributed by atoms with van der Waals surface area (Å²) >= 11 is 0. The van der Waals surface area contributed by atoms with Crippen LogP contribution in [0.2, 0.25) is 0 Å². The lowest BCUT2D eigenvalue weighted by atomic mass is 9.92. The molecule has 0 radical (unpaired) electrons. The molecule has 1 N–H and O–H groups in total. The van der Waals surface area contributed by atoms with E-state index in [0.717, 1.165) is 44.5 Å². The number of carbonyl (C=O) groups excluding carboxylic acids is 1. The summed E-state index contributed by atoms with van der Waals surface area (Å²) in [6.07, 6.45) is 4.30. The van der Waals surface area contributed by atoms with Crippen LogP contribution in [0.3, 0.4) is 0 Å². The Hall–Kier alpha value is -1.35. The Labute approximate surface area is 115 Å². The maximum Gasteiger partial charge on any atom is 0.231 e. The minimum atomic E-state index is 0.155. The number of nitrogens with one attached hydrogen (secondary N) is 1. The van der Waals surface area contributed by atoms with Crippen molar-refractivity contribution >= 4 is 11.6 Å². The highest BCUT2D eigenvalue weighted by atomic mass is 16.2. The molecule has 1 aromatic carbocycles. The summed E-state index contributed by atoms with van der Waals surface area (Å²) in [5, 5.41) is 3.43. The standard InChI is InChI=1S/C16H22N2O/c1-12-8-9-14(11-17-12)16(19)18-10-4-6-13-5-2-3-7-15(13)18/h2-3,5,7,12,14,17H,4,6,8-11H2,1H3. The van der Waals surface area contributed by atoms with Crippen molar-refractivity contribution < 1.29 is 4.79 Å². The van der Waals surface area contributed by atoms with Gasteiger partial charge in [-0.25, -0.2) is 0 Å². The smallest absolute Gasteiger partial charge is 0.231 e. The van der Waals surface area contributed by atoms with Gasteiger partial charge in [-0.1, -0.05) is 18.2 Å². The fourth-order valence-electron chi connectivity index (χ4n) is 3.19. The highest BCUT2D eigenvalue weighted by Gasteiger charge is 2.30. The molecule has 2 unspecified atom stereocenters. The van der Waals surface area contributed by atoms with Gasteiger partial charge in [0, 0.05) is 24.8 Å². The van der Waals surface area contributed by atoms with Gasteiger partial charge >= 0.3 is 0 Å². The van der Waals surface area contributed by atoms with Crippen LogP contribution in [0, 0.1) is 5.92 Å². The van der Waals surface area contributed by atoms with Crippen LogP contribution in [-0.4, -0.2) is 25.0 Å². The van der Waals surface area contributed by atoms with E-state index in [1.165, 1.54) is 5.56 Å². The van der Waals surface area contributed by atoms with Crippen molar-refractivity contribution in [1.82, 2.24) is 5.32 Å². The van der Waals surface area contributed by atoms with Crippen LogP contribution in [0.25, 0.3) is 0 Å². The van der Waals surface area contributed by atoms with Gasteiger partial charge in [-0.2, -0.15) is 0 Å². The third-order valence-corrected chi connectivity index (χ3v) is 4.39. The maximum absolute atomic E-state index is 12.7. The summed E-state index contributed by atoms with van der Waals surface area (Å²) in [6, 6.07) is 8.89. The van der Waals surface area contributed by atoms with Gasteiger partial charge in [-0.05, 0) is 44.2 Å². The molecule has 19 heavy (non-hydrogen) atoms. The topological polar surface area (TPSA) is 32.3 Å². The van der Waals surface area contributed by atoms with Gasteiger partial charge in [0.25, 0.3) is 0 Å². The zero-order valence-corrected chi connectivity index (χ0v) is 11.6. The molecule has 0 aromatic heterocycles. The molecule has 1 amide bonds. The zero-order valence-electron chi connectivity index (χ0n) is 11.6. The van der Waals surface area contributed by atoms with Crippen molar-refractivity contribution in [1.29, 1.82) is 0 Å². The van der Waals surface area contributed by atoms with Gasteiger partial charge in [-0.15, -0.1) is 0 Å². The molecule has 0 aliphatic carbocycles. The molecule has 0 saturated carbocycles. The molecule has 1 aromatic rings. The first kappa shape index (κ1) is 12.7. The highest BCUT2D eigenvalue weighted by molar-refractivity contribution is 5.96. The number of piperidine rings is 1. The number of para-hydroxylation sites is 1. The summed E-state index contributed by atoms with van der Waals surface area (Å²) in [5.74, 6) is 0.467. The molecule has 2 aliphatic rings. The van der Waals surface area contributed by atoms with Crippen LogP contribution in [-0.2, 0) is 11.2 Å². The second-order valence-electron chi connectivity index (χ2n) is 5.81. The number of hydrogen-bond acceptors (Lipinski definition) is 2. The molecule has 3 nitrogen and oxygen atoms in total. The van der Waals surface area contributed by atoms with Gasteiger partial charge in [0.15, 0.2) is 0 Å². The summed E-state index contributed by atoms with van der Waals surface area (Å²) in [4.78, 5) is 14.7. The molecule has 1 fully saturated rings. The number of nitrogens with zero attached hydrogens (tertiary/aromatic N) is 1. The number of rotatable bonds is 1. The number of fused-ring (bicyclic) bond motifs is 1. The summed E-state index contributed by atoms with van der Waals surface area (Å²) in [5.41, 5.74) is 2.46. The molecule has 3 rings (SSSR count). The predicted octanol–water partition coefficient (Wildman–Crippen LogP) is 2.35. The number of hydrogen-bond donors (Lipinski definition) is 1. The first-order chi connectivity index (χ1) is 9.25. The summed E-state index contributed by atoms with van der Waals surface area (Å²) in [6.45, 7) is 3.90. The first-order valence-corrected chi connectivity index (χ1v) is 7.38. The van der Waals surface area contributed by atoms with Crippen molar-refractivity contribution in [3.8, 4) is 0 Å². The minimum Gasteiger partial charge on any atom is -0.313 e. The van der Waals surface area contributed by atoms with E-state index in [0.29, 0.717) is 11.9 Å². The molecular weight excluding hydrogens is 236 g/mol. The monoisotopic (exact) mass is 258 g/mol. The molecule has 2 heterocycles. The minimum absolute atomic E-state index is 0.155. The quantitative estimate of drug-likeness (QED) is 0.838. The van der Waals surface area contributed by atoms with E-state index in [2.05, 4.69) is 30.4 Å². The van der Waals surface area contributed by atoms with Crippen LogP contribution in [0.1, 0.15) is 31.7 Å². The van der Waals surface area contributed by atoms with E-state index >= 15 is 0 Å². The lowest BCUT2D eigenvalue weighted by molar-refractivity contribution is -0.123. The van der Waals surface area contributed by atoms with Crippen LogP contribution in [0.5, 0.6) is 0 Å². The van der Waals surface area contributed by atoms with Crippen molar-refractivity contribution in [2.24, 2.45) is 5.92 Å². The Morgan fingerprint density at radius 2 is 2.16 bits per heavy atom. The largest absolute Gasteiger partial charge is 0.313 e. The lowest BCUT2D eigenvalue weighted by Gasteiger charge is -2.35. The van der Waals surface area contributed by atoms with Crippen molar-refractivity contribution in [3.63, 3.8) is 0 Å². The number of aryl methyl sites for hydroxylation is 1. The van der Waals surface area contributed by atoms with Crippen LogP contribution in [0.15, 0.2) is 24.3 Å². The van der Waals surface area contributed by atoms with Gasteiger partial charge in [0.2, 0.25) is 5.91 Å². The third kappa shape index (κ3) is 2.52. The van der Waals surface area contributed by atoms with Crippen molar-refractivity contribution in [2.45, 2.75) is 38.6 Å². The van der Waals surface area contributed by atoms with E-state index in [9.17, 15) is 4.79 Å². The van der Waals surface area contributed by atoms with Crippen LogP contribution in [0.4, 0.5) is 5.69 Å². The maximum atomic E-state index is 12.7. The normalized spacial score (nSPS) is 26.9. The SMILES string of the molecule is CC1CCC(C(=O)N2CCCc3ccccc32)CN1. The highest BCUT2D eigenvalue weighted by Crippen LogP contribution is 2.29. The van der Waals surface area contributed by atoms with E-state index in [-0.39, 0.29) is 5.92 Å². The second-order valence-corrected chi connectivity index (χ2v) is 5.81. The predicted molar refractivity (Wildman–Crippen MR) is 77.3 cm³/mol. The first-order valence-electron chi connectivity index (χ1n) is 7.38. The van der Waals surface area contributed by atoms with E-state index in [4.69, 9.17) is 0 Å². The lowest BCUT2D eigenvalue weighted by Crippen LogP contribution is -2.47. The zero-order chi connectivity index (χ0) is 13.2. The Balaban J connectivity index is 1.78. The Bertz CT molecular complexity index is 464. The van der Waals surface area contributed by atoms with E-state index in [1.54, 1.807) is 0 Å². The number of amides is 1. The molecule has 0 bridgehead atoms. The van der Waals surface area contributed by atoms with Gasteiger partial charge < -0.3 is 10.2 Å². The van der Waals surface area contributed by atoms with Gasteiger partial charge in [0.05, 0.1) is 5.92 Å². The van der Waals surface area contributed by atoms with Crippen molar-refractivity contribution in [3.05, 3.63) is 29.8 Å². The molecule has 2 atom stereocenters. The Morgan fingerprint density at radius 3 is 2.95 bits per heavy atom. The fourth-order valence-corrected chi connectivity index (χ4v) is 3.19. The Kier molecular flexibility index (Phi) is 3.56. The average Bonchev–Trinajstić information content (AvgIpc) is 2.47. The molecular formula is C16H22N2O. The summed E-state index contributed by atoms with van der Waals surface area (Å²) < 4.78 is 0. The van der Waals surface area contributed by atoms with Gasteiger partial charge in [0.1, 0.15) is 0 Å². The molecule has 102 valence electrons. The molecule has 0 spiro atoms. The molecule has 2 aliphatic heterocycles. The van der Waals surface area contributed by atoms with E-state index in [1.807, 2.05) is 11.0 Å². The molecule has 1 saturated heterocycles. The second kappa shape index (κ2) is 5.33. The number of anilines is 1. The van der Waals surface area contributed by atoms with Gasteiger partial charge in [-0.3, -0.25) is 4.79 Å². The van der Waals surface area contributed by atoms with E-state index < -0.39 is 0 Å². The molecule has 3 heteroatoms. The fraction of sp³-hybridized carbons (Fsp3) is 0.562. The van der Waals surface area contributed by atoms with Crippen LogP contribution >= 0.6 is 0 Å². The average molecular weight is 258 g/mol. The third-order valence-electron chi connectivity index (χ3n) is 4.39. The van der Waals surface area contributed by atoms with Crippen molar-refractivity contribution in [2.75, 3.05) is 18.0 Å². The number of benzene rings is 1. The van der Waals surface area contributed by atoms with Crippen LogP contribution < -0.4 is 10.2 Å².